The van der Waals surface area contributed by atoms with Crippen LogP contribution in [-0.4, -0.2) is 27.0 Å². The van der Waals surface area contributed by atoms with Crippen molar-refractivity contribution < 1.29 is 10.0 Å². The molecule has 0 radical (unpaired) electrons. The molecule has 0 aliphatic rings. The molecule has 0 saturated carbocycles. The largest absolute Gasteiger partial charge is 0.360 e. The average Bonchev–Trinajstić information content (AvgIpc) is 2.91. The van der Waals surface area contributed by atoms with Crippen LogP contribution in [0.1, 0.15) is 38.3 Å². The van der Waals surface area contributed by atoms with Gasteiger partial charge in [0.15, 0.2) is 5.69 Å². The molecule has 0 atom stereocenters. The van der Waals surface area contributed by atoms with Crippen LogP contribution in [0.5, 0.6) is 0 Å². The molecule has 122 valence electrons. The van der Waals surface area contributed by atoms with E-state index in [4.69, 9.17) is 5.21 Å². The molecule has 0 aromatic carbocycles. The van der Waals surface area contributed by atoms with Crippen molar-refractivity contribution in [2.75, 3.05) is 11.9 Å². The number of anilines is 1. The van der Waals surface area contributed by atoms with E-state index < -0.39 is 5.91 Å². The van der Waals surface area contributed by atoms with Crippen LogP contribution in [0.4, 0.5) is 5.82 Å². The molecule has 23 heavy (non-hydrogen) atoms. The molecule has 0 bridgehead atoms. The van der Waals surface area contributed by atoms with E-state index in [1.165, 1.54) is 0 Å². The van der Waals surface area contributed by atoms with Gasteiger partial charge in [-0.25, -0.2) is 10.5 Å². The van der Waals surface area contributed by atoms with Crippen molar-refractivity contribution in [2.24, 2.45) is 0 Å². The number of nitrogens with one attached hydrogen (secondary N) is 2. The SMILES string of the molecule is CCCCCC#Cc1nc2cccc(Br)n2c1NCC(=O)NO. The maximum Gasteiger partial charge on any atom is 0.262 e. The number of carbonyl (C=O) groups excluding carboxylic acids is 1. The smallest absolute Gasteiger partial charge is 0.262 e. The first-order valence-corrected chi connectivity index (χ1v) is 8.29. The van der Waals surface area contributed by atoms with Crippen molar-refractivity contribution in [3.8, 4) is 11.8 Å². The summed E-state index contributed by atoms with van der Waals surface area (Å²) in [5, 5.41) is 11.6. The highest BCUT2D eigenvalue weighted by molar-refractivity contribution is 9.10. The Morgan fingerprint density at radius 2 is 2.26 bits per heavy atom. The zero-order chi connectivity index (χ0) is 16.7. The molecule has 7 heteroatoms. The van der Waals surface area contributed by atoms with Gasteiger partial charge in [-0.1, -0.05) is 31.8 Å². The molecule has 2 heterocycles. The molecule has 1 amide bonds. The highest BCUT2D eigenvalue weighted by Gasteiger charge is 2.13. The van der Waals surface area contributed by atoms with Crippen LogP contribution in [0, 0.1) is 11.8 Å². The van der Waals surface area contributed by atoms with E-state index in [1.54, 1.807) is 5.48 Å². The fraction of sp³-hybridized carbons (Fsp3) is 0.375. The third kappa shape index (κ3) is 4.47. The van der Waals surface area contributed by atoms with Gasteiger partial charge < -0.3 is 5.32 Å². The number of amides is 1. The van der Waals surface area contributed by atoms with Gasteiger partial charge in [0.05, 0.1) is 11.1 Å². The number of halogens is 1. The van der Waals surface area contributed by atoms with Crippen LogP contribution >= 0.6 is 15.9 Å². The number of pyridine rings is 1. The minimum absolute atomic E-state index is 0.0733. The zero-order valence-electron chi connectivity index (χ0n) is 12.9. The van der Waals surface area contributed by atoms with Crippen molar-refractivity contribution in [3.63, 3.8) is 0 Å². The van der Waals surface area contributed by atoms with Gasteiger partial charge in [-0.05, 0) is 40.4 Å². The van der Waals surface area contributed by atoms with E-state index in [0.717, 1.165) is 35.9 Å². The summed E-state index contributed by atoms with van der Waals surface area (Å²) in [5.41, 5.74) is 2.91. The molecule has 0 aliphatic carbocycles. The van der Waals surface area contributed by atoms with Crippen molar-refractivity contribution in [1.29, 1.82) is 0 Å². The van der Waals surface area contributed by atoms with Gasteiger partial charge in [0, 0.05) is 6.42 Å². The number of rotatable bonds is 6. The molecule has 2 aromatic heterocycles. The van der Waals surface area contributed by atoms with E-state index in [-0.39, 0.29) is 6.54 Å². The Labute approximate surface area is 143 Å². The molecular formula is C16H19BrN4O2. The molecule has 2 aromatic rings. The summed E-state index contributed by atoms with van der Waals surface area (Å²) >= 11 is 3.47. The van der Waals surface area contributed by atoms with Crippen LogP contribution in [0.25, 0.3) is 5.65 Å². The van der Waals surface area contributed by atoms with Gasteiger partial charge >= 0.3 is 0 Å². The molecule has 0 fully saturated rings. The van der Waals surface area contributed by atoms with E-state index in [0.29, 0.717) is 11.5 Å². The second-order valence-electron chi connectivity index (χ2n) is 5.00. The quantitative estimate of drug-likeness (QED) is 0.237. The van der Waals surface area contributed by atoms with E-state index >= 15 is 0 Å². The second kappa shape index (κ2) is 8.56. The van der Waals surface area contributed by atoms with E-state index in [1.807, 2.05) is 22.6 Å². The monoisotopic (exact) mass is 378 g/mol. The van der Waals surface area contributed by atoms with Gasteiger partial charge in [0.25, 0.3) is 5.91 Å². The number of hydrogen-bond donors (Lipinski definition) is 3. The van der Waals surface area contributed by atoms with Crippen molar-refractivity contribution >= 4 is 33.3 Å². The van der Waals surface area contributed by atoms with Gasteiger partial charge in [-0.2, -0.15) is 0 Å². The minimum atomic E-state index is -0.533. The zero-order valence-corrected chi connectivity index (χ0v) is 14.5. The Balaban J connectivity index is 2.30. The lowest BCUT2D eigenvalue weighted by Gasteiger charge is -2.07. The molecular weight excluding hydrogens is 360 g/mol. The minimum Gasteiger partial charge on any atom is -0.360 e. The number of aromatic nitrogens is 2. The summed E-state index contributed by atoms with van der Waals surface area (Å²) in [6.45, 7) is 2.08. The molecule has 0 spiro atoms. The topological polar surface area (TPSA) is 78.7 Å². The maximum absolute atomic E-state index is 11.3. The van der Waals surface area contributed by atoms with E-state index in [2.05, 4.69) is 45.0 Å². The Hall–Kier alpha value is -2.04. The lowest BCUT2D eigenvalue weighted by atomic mass is 10.2. The Morgan fingerprint density at radius 1 is 1.43 bits per heavy atom. The molecule has 0 unspecified atom stereocenters. The number of nitrogens with zero attached hydrogens (tertiary/aromatic N) is 2. The van der Waals surface area contributed by atoms with Crippen LogP contribution in [0.3, 0.4) is 0 Å². The Morgan fingerprint density at radius 3 is 3.00 bits per heavy atom. The van der Waals surface area contributed by atoms with Gasteiger partial charge in [-0.3, -0.25) is 14.4 Å². The molecule has 0 aliphatic heterocycles. The average molecular weight is 379 g/mol. The van der Waals surface area contributed by atoms with Crippen molar-refractivity contribution in [3.05, 3.63) is 28.5 Å². The fourth-order valence-electron chi connectivity index (χ4n) is 2.12. The number of unbranched alkanes of at least 4 members (excludes halogenated alkanes) is 3. The van der Waals surface area contributed by atoms with Crippen LogP contribution in [0.15, 0.2) is 22.8 Å². The number of fused-ring (bicyclic) bond motifs is 1. The first-order valence-electron chi connectivity index (χ1n) is 7.50. The van der Waals surface area contributed by atoms with Gasteiger partial charge in [0.2, 0.25) is 0 Å². The summed E-state index contributed by atoms with van der Waals surface area (Å²) in [6, 6.07) is 5.63. The number of imidazole rings is 1. The van der Waals surface area contributed by atoms with Crippen molar-refractivity contribution in [1.82, 2.24) is 14.9 Å². The molecule has 6 nitrogen and oxygen atoms in total. The third-order valence-corrected chi connectivity index (χ3v) is 3.87. The summed E-state index contributed by atoms with van der Waals surface area (Å²) < 4.78 is 2.63. The predicted molar refractivity (Wildman–Crippen MR) is 92.3 cm³/mol. The predicted octanol–water partition coefficient (Wildman–Crippen LogP) is 2.95. The van der Waals surface area contributed by atoms with Gasteiger partial charge in [0.1, 0.15) is 11.5 Å². The lowest BCUT2D eigenvalue weighted by Crippen LogP contribution is -2.27. The summed E-state index contributed by atoms with van der Waals surface area (Å²) in [7, 11) is 0. The molecule has 2 rings (SSSR count). The highest BCUT2D eigenvalue weighted by Crippen LogP contribution is 2.23. The Bertz CT molecular complexity index is 746. The standard InChI is InChI=1S/C16H19BrN4O2/c1-2-3-4-5-6-8-12-16(18-11-15(22)20-23)21-13(17)9-7-10-14(21)19-12/h7,9-10,18,23H,2-5,11H2,1H3,(H,20,22). The van der Waals surface area contributed by atoms with Crippen LogP contribution < -0.4 is 10.8 Å². The number of carbonyl (C=O) groups is 1. The van der Waals surface area contributed by atoms with Crippen LogP contribution in [-0.2, 0) is 4.79 Å². The Kier molecular flexibility index (Phi) is 6.44. The van der Waals surface area contributed by atoms with Crippen molar-refractivity contribution in [2.45, 2.75) is 32.6 Å². The normalized spacial score (nSPS) is 10.2. The highest BCUT2D eigenvalue weighted by atomic mass is 79.9. The molecule has 0 saturated heterocycles. The first-order chi connectivity index (χ1) is 11.2. The maximum atomic E-state index is 11.3. The second-order valence-corrected chi connectivity index (χ2v) is 5.81. The third-order valence-electron chi connectivity index (χ3n) is 3.25. The number of hydrogen-bond acceptors (Lipinski definition) is 4. The van der Waals surface area contributed by atoms with E-state index in [9.17, 15) is 4.79 Å². The number of hydroxylamine groups is 1. The lowest BCUT2D eigenvalue weighted by molar-refractivity contribution is -0.127. The summed E-state index contributed by atoms with van der Waals surface area (Å²) in [6.07, 6.45) is 4.20. The summed E-state index contributed by atoms with van der Waals surface area (Å²) in [4.78, 5) is 15.8. The summed E-state index contributed by atoms with van der Waals surface area (Å²) in [5.74, 6) is 6.29. The van der Waals surface area contributed by atoms with Gasteiger partial charge in [-0.15, -0.1) is 0 Å². The van der Waals surface area contributed by atoms with Crippen LogP contribution in [0.2, 0.25) is 0 Å². The first kappa shape index (κ1) is 17.3. The molecule has 3 N–H and O–H groups in total. The fourth-order valence-corrected chi connectivity index (χ4v) is 2.63.